The Bertz CT molecular complexity index is 527. The molecule has 0 aliphatic rings. The smallest absolute Gasteiger partial charge is 0.138 e. The molecule has 0 amide bonds. The van der Waals surface area contributed by atoms with E-state index in [0.717, 1.165) is 10.1 Å². The minimum absolute atomic E-state index is 0.453. The molecular weight excluding hydrogens is 218 g/mol. The van der Waals surface area contributed by atoms with Crippen molar-refractivity contribution in [3.8, 4) is 11.8 Å². The number of nitriles is 1. The predicted molar refractivity (Wildman–Crippen MR) is 58.1 cm³/mol. The van der Waals surface area contributed by atoms with Gasteiger partial charge in [-0.1, -0.05) is 11.6 Å². The van der Waals surface area contributed by atoms with Crippen LogP contribution in [0.2, 0.25) is 5.02 Å². The molecule has 1 aromatic heterocycles. The standard InChI is InChI=1S/C10H6ClNOS/c1-13-8-4-6(5-12)9(11)7-2-3-14-10(7)8/h2-4H,1H3. The fourth-order valence-corrected chi connectivity index (χ4v) is 2.52. The van der Waals surface area contributed by atoms with Gasteiger partial charge >= 0.3 is 0 Å². The van der Waals surface area contributed by atoms with Gasteiger partial charge in [0, 0.05) is 11.5 Å². The highest BCUT2D eigenvalue weighted by Crippen LogP contribution is 2.37. The van der Waals surface area contributed by atoms with Gasteiger partial charge in [-0.05, 0) is 11.4 Å². The summed E-state index contributed by atoms with van der Waals surface area (Å²) in [6.45, 7) is 0. The van der Waals surface area contributed by atoms with Crippen molar-refractivity contribution in [2.24, 2.45) is 0 Å². The Balaban J connectivity index is 2.89. The fraction of sp³-hybridized carbons (Fsp3) is 0.100. The molecule has 2 nitrogen and oxygen atoms in total. The van der Waals surface area contributed by atoms with Crippen molar-refractivity contribution in [3.63, 3.8) is 0 Å². The molecule has 0 atom stereocenters. The van der Waals surface area contributed by atoms with Gasteiger partial charge in [-0.25, -0.2) is 0 Å². The molecule has 70 valence electrons. The largest absolute Gasteiger partial charge is 0.495 e. The maximum atomic E-state index is 8.85. The Kier molecular flexibility index (Phi) is 2.32. The van der Waals surface area contributed by atoms with Crippen LogP contribution in [0.25, 0.3) is 10.1 Å². The van der Waals surface area contributed by atoms with Crippen LogP contribution in [-0.4, -0.2) is 7.11 Å². The fourth-order valence-electron chi connectivity index (χ4n) is 1.31. The summed E-state index contributed by atoms with van der Waals surface area (Å²) in [7, 11) is 1.59. The van der Waals surface area contributed by atoms with Crippen molar-refractivity contribution in [2.45, 2.75) is 0 Å². The van der Waals surface area contributed by atoms with E-state index in [-0.39, 0.29) is 0 Å². The molecule has 0 saturated carbocycles. The maximum Gasteiger partial charge on any atom is 0.138 e. The lowest BCUT2D eigenvalue weighted by Crippen LogP contribution is -1.85. The lowest BCUT2D eigenvalue weighted by molar-refractivity contribution is 0.420. The second kappa shape index (κ2) is 3.49. The molecule has 0 spiro atoms. The second-order valence-corrected chi connectivity index (χ2v) is 4.01. The molecule has 0 bridgehead atoms. The van der Waals surface area contributed by atoms with E-state index in [1.54, 1.807) is 24.5 Å². The van der Waals surface area contributed by atoms with Crippen LogP contribution in [0.15, 0.2) is 17.5 Å². The van der Waals surface area contributed by atoms with E-state index in [9.17, 15) is 0 Å². The lowest BCUT2D eigenvalue weighted by Gasteiger charge is -2.03. The molecule has 0 saturated heterocycles. The van der Waals surface area contributed by atoms with E-state index in [1.807, 2.05) is 17.5 Å². The minimum Gasteiger partial charge on any atom is -0.495 e. The van der Waals surface area contributed by atoms with Gasteiger partial charge < -0.3 is 4.74 Å². The molecule has 0 aliphatic heterocycles. The molecule has 0 fully saturated rings. The van der Waals surface area contributed by atoms with Crippen LogP contribution >= 0.6 is 22.9 Å². The number of nitrogens with zero attached hydrogens (tertiary/aromatic N) is 1. The van der Waals surface area contributed by atoms with Crippen LogP contribution in [0.5, 0.6) is 5.75 Å². The van der Waals surface area contributed by atoms with Gasteiger partial charge in [0.15, 0.2) is 0 Å². The third-order valence-corrected chi connectivity index (χ3v) is 3.31. The minimum atomic E-state index is 0.453. The summed E-state index contributed by atoms with van der Waals surface area (Å²) in [6.07, 6.45) is 0. The summed E-state index contributed by atoms with van der Waals surface area (Å²) in [5.41, 5.74) is 0.453. The Labute approximate surface area is 90.3 Å². The average molecular weight is 224 g/mol. The van der Waals surface area contributed by atoms with Gasteiger partial charge in [0.25, 0.3) is 0 Å². The van der Waals surface area contributed by atoms with Crippen LogP contribution in [0.1, 0.15) is 5.56 Å². The number of fused-ring (bicyclic) bond motifs is 1. The van der Waals surface area contributed by atoms with Crippen molar-refractivity contribution >= 4 is 33.0 Å². The lowest BCUT2D eigenvalue weighted by atomic mass is 10.1. The van der Waals surface area contributed by atoms with E-state index in [1.165, 1.54) is 0 Å². The summed E-state index contributed by atoms with van der Waals surface area (Å²) in [6, 6.07) is 5.61. The van der Waals surface area contributed by atoms with Gasteiger partial charge in [-0.15, -0.1) is 11.3 Å². The van der Waals surface area contributed by atoms with Crippen LogP contribution in [0.4, 0.5) is 0 Å². The average Bonchev–Trinajstić information content (AvgIpc) is 2.68. The second-order valence-electron chi connectivity index (χ2n) is 2.72. The van der Waals surface area contributed by atoms with Gasteiger partial charge in [-0.2, -0.15) is 5.26 Å². The van der Waals surface area contributed by atoms with Crippen LogP contribution in [0.3, 0.4) is 0 Å². The molecule has 2 rings (SSSR count). The van der Waals surface area contributed by atoms with Gasteiger partial charge in [0.1, 0.15) is 11.8 Å². The number of thiophene rings is 1. The molecule has 0 unspecified atom stereocenters. The number of rotatable bonds is 1. The topological polar surface area (TPSA) is 33.0 Å². The summed E-state index contributed by atoms with van der Waals surface area (Å²) in [5, 5.41) is 12.2. The molecule has 2 aromatic rings. The van der Waals surface area contributed by atoms with Crippen LogP contribution in [0, 0.1) is 11.3 Å². The van der Waals surface area contributed by atoms with Gasteiger partial charge in [0.2, 0.25) is 0 Å². The molecule has 0 aliphatic carbocycles. The van der Waals surface area contributed by atoms with E-state index < -0.39 is 0 Å². The Hall–Kier alpha value is -1.24. The van der Waals surface area contributed by atoms with E-state index in [2.05, 4.69) is 0 Å². The zero-order valence-electron chi connectivity index (χ0n) is 7.37. The van der Waals surface area contributed by atoms with Gasteiger partial charge in [0.05, 0.1) is 22.4 Å². The third-order valence-electron chi connectivity index (χ3n) is 1.98. The van der Waals surface area contributed by atoms with Crippen molar-refractivity contribution in [3.05, 3.63) is 28.1 Å². The van der Waals surface area contributed by atoms with Crippen molar-refractivity contribution in [1.82, 2.24) is 0 Å². The van der Waals surface area contributed by atoms with Crippen molar-refractivity contribution in [2.75, 3.05) is 7.11 Å². The summed E-state index contributed by atoms with van der Waals surface area (Å²) < 4.78 is 6.17. The zero-order valence-corrected chi connectivity index (χ0v) is 8.95. The van der Waals surface area contributed by atoms with Crippen LogP contribution < -0.4 is 4.74 Å². The molecule has 4 heteroatoms. The highest BCUT2D eigenvalue weighted by atomic mass is 35.5. The van der Waals surface area contributed by atoms with Gasteiger partial charge in [-0.3, -0.25) is 0 Å². The SMILES string of the molecule is COc1cc(C#N)c(Cl)c2ccsc12. The number of methoxy groups -OCH3 is 1. The Morgan fingerprint density at radius 1 is 1.57 bits per heavy atom. The number of hydrogen-bond donors (Lipinski definition) is 0. The summed E-state index contributed by atoms with van der Waals surface area (Å²) in [5.74, 6) is 0.705. The number of ether oxygens (including phenoxy) is 1. The molecule has 14 heavy (non-hydrogen) atoms. The highest BCUT2D eigenvalue weighted by molar-refractivity contribution is 7.17. The first-order chi connectivity index (χ1) is 6.77. The first-order valence-electron chi connectivity index (χ1n) is 3.91. The number of halogens is 1. The molecule has 0 N–H and O–H groups in total. The predicted octanol–water partition coefficient (Wildman–Crippen LogP) is 3.43. The molecule has 0 radical (unpaired) electrons. The zero-order chi connectivity index (χ0) is 10.1. The quantitative estimate of drug-likeness (QED) is 0.742. The molecule has 1 heterocycles. The highest BCUT2D eigenvalue weighted by Gasteiger charge is 2.11. The van der Waals surface area contributed by atoms with Crippen LogP contribution in [-0.2, 0) is 0 Å². The Morgan fingerprint density at radius 2 is 2.36 bits per heavy atom. The van der Waals surface area contributed by atoms with Crippen molar-refractivity contribution < 1.29 is 4.74 Å². The Morgan fingerprint density at radius 3 is 3.00 bits per heavy atom. The van der Waals surface area contributed by atoms with E-state index in [4.69, 9.17) is 21.6 Å². The summed E-state index contributed by atoms with van der Waals surface area (Å²) >= 11 is 7.59. The van der Waals surface area contributed by atoms with E-state index >= 15 is 0 Å². The molecule has 1 aromatic carbocycles. The molecular formula is C10H6ClNOS. The number of benzene rings is 1. The monoisotopic (exact) mass is 223 g/mol. The number of hydrogen-bond acceptors (Lipinski definition) is 3. The summed E-state index contributed by atoms with van der Waals surface area (Å²) in [4.78, 5) is 0. The first-order valence-corrected chi connectivity index (χ1v) is 5.17. The first kappa shape index (κ1) is 9.32. The third kappa shape index (κ3) is 1.24. The van der Waals surface area contributed by atoms with Crippen molar-refractivity contribution in [1.29, 1.82) is 5.26 Å². The normalized spacial score (nSPS) is 10.1. The van der Waals surface area contributed by atoms with E-state index in [0.29, 0.717) is 16.3 Å². The maximum absolute atomic E-state index is 8.85.